The lowest BCUT2D eigenvalue weighted by atomic mass is 9.95. The third-order valence-corrected chi connectivity index (χ3v) is 4.70. The zero-order chi connectivity index (χ0) is 17.1. The van der Waals surface area contributed by atoms with E-state index in [1.165, 1.54) is 6.42 Å². The Morgan fingerprint density at radius 1 is 1.17 bits per heavy atom. The minimum atomic E-state index is -0.244. The fraction of sp³-hybridized carbons (Fsp3) is 0.421. The standard InChI is InChI=1S/C19H23N3O2/c1-12(2)18(23)21-17-7-5-14(6-8-17)19(24)22-20-11-16-10-13-3-4-15(16)9-13/h3-8,11-13,15-16H,9-10H2,1-2H3,(H,21,23)(H,22,24)/b20-11-/t13-,15-,16-/m0/s1. The number of amides is 2. The van der Waals surface area contributed by atoms with Crippen molar-refractivity contribution in [3.05, 3.63) is 42.0 Å². The van der Waals surface area contributed by atoms with Gasteiger partial charge in [-0.15, -0.1) is 0 Å². The van der Waals surface area contributed by atoms with Crippen molar-refractivity contribution in [3.63, 3.8) is 0 Å². The van der Waals surface area contributed by atoms with Crippen LogP contribution >= 0.6 is 0 Å². The first-order valence-electron chi connectivity index (χ1n) is 8.45. The molecule has 2 amide bonds. The molecule has 5 heteroatoms. The minimum absolute atomic E-state index is 0.0447. The molecular weight excluding hydrogens is 302 g/mol. The molecule has 3 atom stereocenters. The summed E-state index contributed by atoms with van der Waals surface area (Å²) in [5, 5.41) is 6.91. The average molecular weight is 325 g/mol. The molecule has 0 aromatic heterocycles. The van der Waals surface area contributed by atoms with Crippen LogP contribution in [0.3, 0.4) is 0 Å². The topological polar surface area (TPSA) is 70.6 Å². The van der Waals surface area contributed by atoms with Crippen molar-refractivity contribution in [2.75, 3.05) is 5.32 Å². The van der Waals surface area contributed by atoms with Crippen LogP contribution in [-0.4, -0.2) is 18.0 Å². The number of carbonyl (C=O) groups is 2. The van der Waals surface area contributed by atoms with E-state index in [-0.39, 0.29) is 17.7 Å². The second kappa shape index (κ2) is 6.99. The predicted octanol–water partition coefficient (Wildman–Crippen LogP) is 3.21. The smallest absolute Gasteiger partial charge is 0.271 e. The maximum Gasteiger partial charge on any atom is 0.271 e. The van der Waals surface area contributed by atoms with Gasteiger partial charge in [0, 0.05) is 29.3 Å². The fourth-order valence-corrected chi connectivity index (χ4v) is 3.24. The van der Waals surface area contributed by atoms with E-state index in [2.05, 4.69) is 28.0 Å². The molecule has 0 saturated heterocycles. The first-order chi connectivity index (χ1) is 11.5. The van der Waals surface area contributed by atoms with Gasteiger partial charge in [-0.3, -0.25) is 9.59 Å². The first-order valence-corrected chi connectivity index (χ1v) is 8.45. The van der Waals surface area contributed by atoms with E-state index < -0.39 is 0 Å². The SMILES string of the molecule is CC(C)C(=O)Nc1ccc(C(=O)N/N=C\[C@@H]2C[C@H]3C=C[C@H]2C3)cc1. The largest absolute Gasteiger partial charge is 0.326 e. The molecule has 1 aromatic rings. The van der Waals surface area contributed by atoms with Crippen molar-refractivity contribution in [2.24, 2.45) is 28.8 Å². The van der Waals surface area contributed by atoms with Crippen LogP contribution in [0.4, 0.5) is 5.69 Å². The molecule has 1 aromatic carbocycles. The summed E-state index contributed by atoms with van der Waals surface area (Å²) in [5.74, 6) is 1.34. The molecule has 0 spiro atoms. The molecule has 0 aliphatic heterocycles. The van der Waals surface area contributed by atoms with Gasteiger partial charge in [0.1, 0.15) is 0 Å². The molecule has 126 valence electrons. The fourth-order valence-electron chi connectivity index (χ4n) is 3.24. The van der Waals surface area contributed by atoms with Crippen molar-refractivity contribution in [1.82, 2.24) is 5.43 Å². The summed E-state index contributed by atoms with van der Waals surface area (Å²) >= 11 is 0. The minimum Gasteiger partial charge on any atom is -0.326 e. The Hall–Kier alpha value is -2.43. The number of rotatable bonds is 5. The molecule has 2 bridgehead atoms. The molecule has 2 aliphatic rings. The number of carbonyl (C=O) groups excluding carboxylic acids is 2. The van der Waals surface area contributed by atoms with Crippen LogP contribution in [0, 0.1) is 23.7 Å². The number of hydrogen-bond acceptors (Lipinski definition) is 3. The van der Waals surface area contributed by atoms with Gasteiger partial charge in [0.05, 0.1) is 0 Å². The summed E-state index contributed by atoms with van der Waals surface area (Å²) in [4.78, 5) is 23.7. The van der Waals surface area contributed by atoms with Gasteiger partial charge in [-0.05, 0) is 48.9 Å². The van der Waals surface area contributed by atoms with Crippen molar-refractivity contribution in [3.8, 4) is 0 Å². The highest BCUT2D eigenvalue weighted by Crippen LogP contribution is 2.42. The summed E-state index contributed by atoms with van der Waals surface area (Å²) in [5.41, 5.74) is 3.78. The van der Waals surface area contributed by atoms with Crippen molar-refractivity contribution in [1.29, 1.82) is 0 Å². The summed E-state index contributed by atoms with van der Waals surface area (Å²) < 4.78 is 0. The number of anilines is 1. The molecular formula is C19H23N3O2. The van der Waals surface area contributed by atoms with Gasteiger partial charge < -0.3 is 5.32 Å². The Kier molecular flexibility index (Phi) is 4.79. The number of nitrogens with zero attached hydrogens (tertiary/aromatic N) is 1. The van der Waals surface area contributed by atoms with Gasteiger partial charge in [0.2, 0.25) is 5.91 Å². The molecule has 3 rings (SSSR count). The Bertz CT molecular complexity index is 676. The molecule has 2 N–H and O–H groups in total. The number of fused-ring (bicyclic) bond motifs is 2. The summed E-state index contributed by atoms with van der Waals surface area (Å²) in [6.45, 7) is 3.67. The molecule has 1 saturated carbocycles. The molecule has 0 unspecified atom stereocenters. The summed E-state index contributed by atoms with van der Waals surface area (Å²) in [6, 6.07) is 6.81. The summed E-state index contributed by atoms with van der Waals surface area (Å²) in [7, 11) is 0. The summed E-state index contributed by atoms with van der Waals surface area (Å²) in [6.07, 6.45) is 8.76. The molecule has 2 aliphatic carbocycles. The van der Waals surface area contributed by atoms with Crippen LogP contribution in [0.2, 0.25) is 0 Å². The molecule has 0 radical (unpaired) electrons. The molecule has 5 nitrogen and oxygen atoms in total. The van der Waals surface area contributed by atoms with E-state index in [0.29, 0.717) is 29.0 Å². The second-order valence-corrected chi connectivity index (χ2v) is 6.88. The van der Waals surface area contributed by atoms with Gasteiger partial charge in [-0.2, -0.15) is 5.10 Å². The number of hydrazone groups is 1. The molecule has 24 heavy (non-hydrogen) atoms. The number of hydrogen-bond donors (Lipinski definition) is 2. The van der Waals surface area contributed by atoms with E-state index in [9.17, 15) is 9.59 Å². The van der Waals surface area contributed by atoms with Gasteiger partial charge in [0.25, 0.3) is 5.91 Å². The van der Waals surface area contributed by atoms with Crippen LogP contribution < -0.4 is 10.7 Å². The maximum atomic E-state index is 12.1. The van der Waals surface area contributed by atoms with Crippen LogP contribution in [-0.2, 0) is 4.79 Å². The Morgan fingerprint density at radius 2 is 1.92 bits per heavy atom. The van der Waals surface area contributed by atoms with Crippen LogP contribution in [0.25, 0.3) is 0 Å². The Labute approximate surface area is 142 Å². The van der Waals surface area contributed by atoms with E-state index in [4.69, 9.17) is 0 Å². The van der Waals surface area contributed by atoms with Gasteiger partial charge >= 0.3 is 0 Å². The van der Waals surface area contributed by atoms with Gasteiger partial charge in [-0.1, -0.05) is 26.0 Å². The quantitative estimate of drug-likeness (QED) is 0.496. The van der Waals surface area contributed by atoms with Crippen molar-refractivity contribution >= 4 is 23.7 Å². The number of benzene rings is 1. The highest BCUT2D eigenvalue weighted by molar-refractivity contribution is 5.96. The Balaban J connectivity index is 1.51. The normalized spacial score (nSPS) is 24.7. The van der Waals surface area contributed by atoms with E-state index in [0.717, 1.165) is 6.42 Å². The number of nitrogens with one attached hydrogen (secondary N) is 2. The van der Waals surface area contributed by atoms with Crippen molar-refractivity contribution < 1.29 is 9.59 Å². The average Bonchev–Trinajstić information content (AvgIpc) is 3.18. The van der Waals surface area contributed by atoms with Gasteiger partial charge in [-0.25, -0.2) is 5.43 Å². The van der Waals surface area contributed by atoms with E-state index >= 15 is 0 Å². The molecule has 0 heterocycles. The first kappa shape index (κ1) is 16.4. The van der Waals surface area contributed by atoms with Crippen LogP contribution in [0.1, 0.15) is 37.0 Å². The molecule has 1 fully saturated rings. The maximum absolute atomic E-state index is 12.1. The lowest BCUT2D eigenvalue weighted by Crippen LogP contribution is -2.20. The predicted molar refractivity (Wildman–Crippen MR) is 94.7 cm³/mol. The van der Waals surface area contributed by atoms with E-state index in [1.54, 1.807) is 24.3 Å². The zero-order valence-electron chi connectivity index (χ0n) is 14.0. The lowest BCUT2D eigenvalue weighted by molar-refractivity contribution is -0.118. The Morgan fingerprint density at radius 3 is 2.50 bits per heavy atom. The highest BCUT2D eigenvalue weighted by atomic mass is 16.2. The third-order valence-electron chi connectivity index (χ3n) is 4.70. The van der Waals surface area contributed by atoms with Crippen LogP contribution in [0.15, 0.2) is 41.5 Å². The highest BCUT2D eigenvalue weighted by Gasteiger charge is 2.34. The van der Waals surface area contributed by atoms with Crippen molar-refractivity contribution in [2.45, 2.75) is 26.7 Å². The third kappa shape index (κ3) is 3.72. The van der Waals surface area contributed by atoms with E-state index in [1.807, 2.05) is 20.1 Å². The van der Waals surface area contributed by atoms with Crippen LogP contribution in [0.5, 0.6) is 0 Å². The number of allylic oxidation sites excluding steroid dienone is 2. The van der Waals surface area contributed by atoms with Gasteiger partial charge in [0.15, 0.2) is 0 Å². The second-order valence-electron chi connectivity index (χ2n) is 6.88. The zero-order valence-corrected chi connectivity index (χ0v) is 14.0. The monoisotopic (exact) mass is 325 g/mol. The lowest BCUT2D eigenvalue weighted by Gasteiger charge is -2.12.